The number of rotatable bonds is 7. The molecule has 0 radical (unpaired) electrons. The highest BCUT2D eigenvalue weighted by Gasteiger charge is 2.25. The summed E-state index contributed by atoms with van der Waals surface area (Å²) < 4.78 is 4.69. The fraction of sp³-hybridized carbons (Fsp3) is 0.625. The van der Waals surface area contributed by atoms with Crippen LogP contribution < -0.4 is 0 Å². The second-order valence-corrected chi connectivity index (χ2v) is 5.01. The minimum atomic E-state index is -3.87. The summed E-state index contributed by atoms with van der Waals surface area (Å²) in [6.45, 7) is 3.53. The van der Waals surface area contributed by atoms with Gasteiger partial charge in [-0.25, -0.2) is 4.79 Å². The van der Waals surface area contributed by atoms with Crippen molar-refractivity contribution < 1.29 is 23.9 Å². The molecule has 82 valence electrons. The Labute approximate surface area is 84.0 Å². The van der Waals surface area contributed by atoms with Gasteiger partial charge in [0.15, 0.2) is 0 Å². The lowest BCUT2D eigenvalue weighted by atomic mass is 10.3. The molecule has 0 amide bonds. The van der Waals surface area contributed by atoms with Crippen LogP contribution in [0.1, 0.15) is 19.3 Å². The third-order valence-electron chi connectivity index (χ3n) is 1.57. The molecule has 6 heteroatoms. The molecule has 0 spiro atoms. The van der Waals surface area contributed by atoms with Crippen LogP contribution >= 0.6 is 0 Å². The van der Waals surface area contributed by atoms with E-state index in [1.807, 2.05) is 0 Å². The first kappa shape index (κ1) is 13.3. The Morgan fingerprint density at radius 1 is 1.29 bits per heavy atom. The first-order valence-electron chi connectivity index (χ1n) is 4.42. The van der Waals surface area contributed by atoms with Crippen LogP contribution in [0, 0.1) is 0 Å². The van der Waals surface area contributed by atoms with Crippen LogP contribution in [0.4, 0.5) is 0 Å². The van der Waals surface area contributed by atoms with Crippen molar-refractivity contribution >= 4 is 14.8 Å². The fourth-order valence-corrected chi connectivity index (χ4v) is 1.60. The van der Waals surface area contributed by atoms with Crippen molar-refractivity contribution in [3.8, 4) is 0 Å². The molecule has 0 heterocycles. The monoisotopic (exact) mass is 220 g/mol. The number of unbranched alkanes of at least 4 members (excludes halogenated alkanes) is 2. The zero-order valence-electron chi connectivity index (χ0n) is 7.98. The van der Waals surface area contributed by atoms with Gasteiger partial charge in [-0.05, 0) is 12.8 Å². The summed E-state index contributed by atoms with van der Waals surface area (Å²) in [7, 11) is -3.87. The van der Waals surface area contributed by atoms with Crippen molar-refractivity contribution in [1.29, 1.82) is 0 Å². The Morgan fingerprint density at radius 2 is 1.93 bits per heavy atom. The van der Waals surface area contributed by atoms with Crippen LogP contribution in [-0.4, -0.2) is 35.8 Å². The van der Waals surface area contributed by atoms with Crippen LogP contribution in [0.2, 0.25) is 6.04 Å². The van der Waals surface area contributed by atoms with Crippen molar-refractivity contribution in [1.82, 2.24) is 0 Å². The number of esters is 1. The lowest BCUT2D eigenvalue weighted by Crippen LogP contribution is -2.33. The predicted molar refractivity (Wildman–Crippen MR) is 52.2 cm³/mol. The molecule has 5 nitrogen and oxygen atoms in total. The highest BCUT2D eigenvalue weighted by atomic mass is 28.4. The molecule has 0 saturated heterocycles. The zero-order chi connectivity index (χ0) is 11.0. The van der Waals surface area contributed by atoms with Gasteiger partial charge in [0.2, 0.25) is 0 Å². The number of ether oxygens (including phenoxy) is 1. The summed E-state index contributed by atoms with van der Waals surface area (Å²) in [6, 6.07) is 0.0302. The maximum absolute atomic E-state index is 10.6. The van der Waals surface area contributed by atoms with Gasteiger partial charge in [0.25, 0.3) is 0 Å². The third-order valence-corrected chi connectivity index (χ3v) is 2.59. The van der Waals surface area contributed by atoms with E-state index in [0.717, 1.165) is 6.08 Å². The van der Waals surface area contributed by atoms with Gasteiger partial charge in [-0.1, -0.05) is 13.0 Å². The molecule has 0 aliphatic rings. The molecule has 0 unspecified atom stereocenters. The Hall–Kier alpha value is -0.693. The van der Waals surface area contributed by atoms with Crippen molar-refractivity contribution in [2.75, 3.05) is 6.61 Å². The van der Waals surface area contributed by atoms with Crippen LogP contribution in [0.5, 0.6) is 0 Å². The SMILES string of the molecule is C=CC(=O)OCCCCC[Si](O)(O)O. The van der Waals surface area contributed by atoms with Crippen LogP contribution in [0.15, 0.2) is 12.7 Å². The molecule has 0 bridgehead atoms. The minimum absolute atomic E-state index is 0.0302. The van der Waals surface area contributed by atoms with Crippen LogP contribution in [0.3, 0.4) is 0 Å². The van der Waals surface area contributed by atoms with Gasteiger partial charge in [-0.2, -0.15) is 0 Å². The molecular weight excluding hydrogens is 204 g/mol. The van der Waals surface area contributed by atoms with E-state index in [4.69, 9.17) is 19.1 Å². The summed E-state index contributed by atoms with van der Waals surface area (Å²) in [6.07, 6.45) is 2.93. The van der Waals surface area contributed by atoms with E-state index in [1.165, 1.54) is 0 Å². The lowest BCUT2D eigenvalue weighted by molar-refractivity contribution is -0.137. The zero-order valence-corrected chi connectivity index (χ0v) is 8.98. The largest absolute Gasteiger partial charge is 0.492 e. The van der Waals surface area contributed by atoms with Gasteiger partial charge in [-0.15, -0.1) is 0 Å². The van der Waals surface area contributed by atoms with Crippen molar-refractivity contribution in [3.63, 3.8) is 0 Å². The average molecular weight is 220 g/mol. The van der Waals surface area contributed by atoms with Gasteiger partial charge < -0.3 is 19.1 Å². The molecule has 0 atom stereocenters. The minimum Gasteiger partial charge on any atom is -0.463 e. The van der Waals surface area contributed by atoms with Gasteiger partial charge in [0, 0.05) is 12.1 Å². The van der Waals surface area contributed by atoms with E-state index in [-0.39, 0.29) is 6.04 Å². The molecule has 0 rings (SSSR count). The molecule has 0 aliphatic carbocycles. The van der Waals surface area contributed by atoms with E-state index in [1.54, 1.807) is 0 Å². The molecule has 3 N–H and O–H groups in total. The van der Waals surface area contributed by atoms with Gasteiger partial charge >= 0.3 is 14.8 Å². The third kappa shape index (κ3) is 9.40. The van der Waals surface area contributed by atoms with E-state index in [2.05, 4.69) is 6.58 Å². The van der Waals surface area contributed by atoms with Gasteiger partial charge in [0.1, 0.15) is 0 Å². The molecule has 0 aromatic heterocycles. The topological polar surface area (TPSA) is 87.0 Å². The first-order chi connectivity index (χ1) is 6.45. The van der Waals surface area contributed by atoms with E-state index in [9.17, 15) is 4.79 Å². The van der Waals surface area contributed by atoms with Crippen molar-refractivity contribution in [2.45, 2.75) is 25.3 Å². The Balaban J connectivity index is 3.22. The maximum atomic E-state index is 10.6. The van der Waals surface area contributed by atoms with Crippen LogP contribution in [-0.2, 0) is 9.53 Å². The Morgan fingerprint density at radius 3 is 2.43 bits per heavy atom. The Kier molecular flexibility index (Phi) is 6.38. The second kappa shape index (κ2) is 6.72. The molecule has 14 heavy (non-hydrogen) atoms. The van der Waals surface area contributed by atoms with Crippen LogP contribution in [0.25, 0.3) is 0 Å². The maximum Gasteiger partial charge on any atom is 0.492 e. The smallest absolute Gasteiger partial charge is 0.463 e. The lowest BCUT2D eigenvalue weighted by Gasteiger charge is -2.08. The quantitative estimate of drug-likeness (QED) is 0.239. The van der Waals surface area contributed by atoms with Gasteiger partial charge in [0.05, 0.1) is 6.61 Å². The van der Waals surface area contributed by atoms with Crippen molar-refractivity contribution in [3.05, 3.63) is 12.7 Å². The first-order valence-corrected chi connectivity index (χ1v) is 6.47. The highest BCUT2D eigenvalue weighted by molar-refractivity contribution is 6.56. The van der Waals surface area contributed by atoms with Crippen molar-refractivity contribution in [2.24, 2.45) is 0 Å². The number of hydrogen-bond donors (Lipinski definition) is 3. The molecule has 0 aromatic carbocycles. The number of carbonyl (C=O) groups is 1. The Bertz CT molecular complexity index is 187. The standard InChI is InChI=1S/C8H16O5Si/c1-2-8(9)13-6-4-3-5-7-14(10,11)12/h2,10-12H,1,3-7H2. The second-order valence-electron chi connectivity index (χ2n) is 2.96. The average Bonchev–Trinajstić information content (AvgIpc) is 2.08. The molecule has 0 fully saturated rings. The molecule has 0 aliphatic heterocycles. The van der Waals surface area contributed by atoms with Gasteiger partial charge in [-0.3, -0.25) is 0 Å². The highest BCUT2D eigenvalue weighted by Crippen LogP contribution is 2.06. The predicted octanol–water partition coefficient (Wildman–Crippen LogP) is -0.198. The summed E-state index contributed by atoms with van der Waals surface area (Å²) >= 11 is 0. The fourth-order valence-electron chi connectivity index (χ4n) is 0.873. The van der Waals surface area contributed by atoms with E-state index < -0.39 is 14.8 Å². The summed E-state index contributed by atoms with van der Waals surface area (Å²) in [5.41, 5.74) is 0. The van der Waals surface area contributed by atoms with E-state index in [0.29, 0.717) is 25.9 Å². The molecule has 0 saturated carbocycles. The summed E-state index contributed by atoms with van der Waals surface area (Å²) in [5.74, 6) is -0.458. The van der Waals surface area contributed by atoms with E-state index >= 15 is 0 Å². The number of hydrogen-bond acceptors (Lipinski definition) is 5. The number of carbonyl (C=O) groups excluding carboxylic acids is 1. The normalized spacial score (nSPS) is 11.1. The summed E-state index contributed by atoms with van der Waals surface area (Å²) in [5, 5.41) is 0. The molecular formula is C8H16O5Si. The molecule has 0 aromatic rings. The summed E-state index contributed by atoms with van der Waals surface area (Å²) in [4.78, 5) is 36.5.